The second kappa shape index (κ2) is 7.47. The molecular formula is C20H24F5N5. The van der Waals surface area contributed by atoms with E-state index in [9.17, 15) is 22.0 Å². The van der Waals surface area contributed by atoms with Crippen molar-refractivity contribution in [2.45, 2.75) is 57.3 Å². The third kappa shape index (κ3) is 3.89. The van der Waals surface area contributed by atoms with Gasteiger partial charge in [-0.15, -0.1) is 0 Å². The van der Waals surface area contributed by atoms with Gasteiger partial charge in [0.25, 0.3) is 6.43 Å². The van der Waals surface area contributed by atoms with Crippen LogP contribution in [0.1, 0.15) is 49.9 Å². The Bertz CT molecular complexity index is 911. The summed E-state index contributed by atoms with van der Waals surface area (Å²) in [5.41, 5.74) is 6.10. The van der Waals surface area contributed by atoms with Crippen LogP contribution in [-0.4, -0.2) is 33.8 Å². The number of aromatic nitrogens is 3. The van der Waals surface area contributed by atoms with Gasteiger partial charge in [-0.25, -0.2) is 13.8 Å². The van der Waals surface area contributed by atoms with Crippen molar-refractivity contribution < 1.29 is 22.0 Å². The van der Waals surface area contributed by atoms with Gasteiger partial charge in [-0.05, 0) is 50.7 Å². The van der Waals surface area contributed by atoms with Crippen LogP contribution in [0.15, 0.2) is 18.3 Å². The Kier molecular flexibility index (Phi) is 5.24. The van der Waals surface area contributed by atoms with E-state index >= 15 is 0 Å². The minimum Gasteiger partial charge on any atom is -0.383 e. The number of nitrogen functional groups attached to an aromatic ring is 1. The lowest BCUT2D eigenvalue weighted by molar-refractivity contribution is -0.137. The van der Waals surface area contributed by atoms with Gasteiger partial charge in [0.1, 0.15) is 5.82 Å². The first-order chi connectivity index (χ1) is 14.1. The molecule has 2 aliphatic rings. The van der Waals surface area contributed by atoms with Crippen molar-refractivity contribution in [2.75, 3.05) is 12.3 Å². The summed E-state index contributed by atoms with van der Waals surface area (Å²) in [5.74, 6) is 0.464. The van der Waals surface area contributed by atoms with E-state index in [4.69, 9.17) is 5.73 Å². The van der Waals surface area contributed by atoms with Gasteiger partial charge < -0.3 is 11.1 Å². The zero-order chi connectivity index (χ0) is 21.8. The topological polar surface area (TPSA) is 68.8 Å². The Morgan fingerprint density at radius 1 is 1.20 bits per heavy atom. The van der Waals surface area contributed by atoms with Crippen molar-refractivity contribution in [3.8, 4) is 11.3 Å². The fourth-order valence-electron chi connectivity index (χ4n) is 4.76. The van der Waals surface area contributed by atoms with Crippen LogP contribution in [0.4, 0.5) is 27.8 Å². The van der Waals surface area contributed by atoms with E-state index in [2.05, 4.69) is 15.4 Å². The summed E-state index contributed by atoms with van der Waals surface area (Å²) in [5, 5.41) is 7.46. The van der Waals surface area contributed by atoms with Crippen molar-refractivity contribution in [1.82, 2.24) is 20.1 Å². The molecule has 0 amide bonds. The molecule has 0 saturated heterocycles. The van der Waals surface area contributed by atoms with Crippen molar-refractivity contribution >= 4 is 5.82 Å². The molecule has 10 heteroatoms. The molecule has 0 radical (unpaired) electrons. The smallest absolute Gasteiger partial charge is 0.383 e. The molecular weight excluding hydrogens is 405 g/mol. The number of pyridine rings is 1. The van der Waals surface area contributed by atoms with Crippen LogP contribution < -0.4 is 11.1 Å². The van der Waals surface area contributed by atoms with Crippen molar-refractivity contribution in [3.05, 3.63) is 29.6 Å². The van der Waals surface area contributed by atoms with Crippen LogP contribution in [0.5, 0.6) is 0 Å². The highest BCUT2D eigenvalue weighted by Gasteiger charge is 2.57. The van der Waals surface area contributed by atoms with E-state index in [0.29, 0.717) is 17.5 Å². The number of nitrogens with one attached hydrogen (secondary N) is 1. The van der Waals surface area contributed by atoms with E-state index in [1.54, 1.807) is 0 Å². The number of rotatable bonds is 6. The Hall–Kier alpha value is -2.23. The summed E-state index contributed by atoms with van der Waals surface area (Å²) in [4.78, 5) is 3.71. The fourth-order valence-corrected chi connectivity index (χ4v) is 4.76. The summed E-state index contributed by atoms with van der Waals surface area (Å²) >= 11 is 0. The number of hydrogen-bond donors (Lipinski definition) is 2. The molecule has 2 heterocycles. The number of anilines is 1. The third-order valence-corrected chi connectivity index (χ3v) is 6.12. The molecule has 4 rings (SSSR count). The summed E-state index contributed by atoms with van der Waals surface area (Å²) in [6, 6.07) is 2.94. The summed E-state index contributed by atoms with van der Waals surface area (Å²) in [7, 11) is 0. The lowest BCUT2D eigenvalue weighted by Crippen LogP contribution is -2.32. The quantitative estimate of drug-likeness (QED) is 0.665. The molecule has 164 valence electrons. The van der Waals surface area contributed by atoms with Crippen LogP contribution in [0.2, 0.25) is 0 Å². The Morgan fingerprint density at radius 2 is 1.87 bits per heavy atom. The molecule has 0 spiro atoms. The third-order valence-electron chi connectivity index (χ3n) is 6.12. The second-order valence-electron chi connectivity index (χ2n) is 8.47. The summed E-state index contributed by atoms with van der Waals surface area (Å²) in [6.45, 7) is 3.64. The number of alkyl halides is 5. The van der Waals surface area contributed by atoms with Gasteiger partial charge >= 0.3 is 6.18 Å². The predicted molar refractivity (Wildman–Crippen MR) is 102 cm³/mol. The largest absolute Gasteiger partial charge is 0.419 e. The molecule has 2 fully saturated rings. The molecule has 30 heavy (non-hydrogen) atoms. The van der Waals surface area contributed by atoms with E-state index in [-0.39, 0.29) is 30.1 Å². The van der Waals surface area contributed by atoms with Gasteiger partial charge in [-0.3, -0.25) is 4.68 Å². The molecule has 2 aliphatic carbocycles. The number of nitrogens with zero attached hydrogens (tertiary/aromatic N) is 3. The van der Waals surface area contributed by atoms with Crippen LogP contribution in [0.25, 0.3) is 11.3 Å². The Morgan fingerprint density at radius 3 is 2.43 bits per heavy atom. The molecule has 0 aliphatic heterocycles. The second-order valence-corrected chi connectivity index (χ2v) is 8.47. The average Bonchev–Trinajstić information content (AvgIpc) is 3.02. The molecule has 4 atom stereocenters. The molecule has 0 aromatic carbocycles. The van der Waals surface area contributed by atoms with Gasteiger partial charge in [0.15, 0.2) is 0 Å². The van der Waals surface area contributed by atoms with E-state index < -0.39 is 24.0 Å². The minimum absolute atomic E-state index is 0.0339. The highest BCUT2D eigenvalue weighted by Crippen LogP contribution is 2.63. The van der Waals surface area contributed by atoms with Crippen molar-refractivity contribution in [2.24, 2.45) is 11.8 Å². The lowest BCUT2D eigenvalue weighted by Gasteiger charge is -2.17. The highest BCUT2D eigenvalue weighted by molar-refractivity contribution is 5.63. The number of halogens is 5. The standard InChI is InChI=1S/C20H24F5N5/c1-9(2)30-16(18-12-4-11(5-13(12)18)27-8-17(21)22)6-15(29-30)10-3-14(20(23,24)25)19(26)28-7-10/h3,6-7,9,11-13,17-18,27H,4-5,8H2,1-2H3,(H2,26,28)/t11-,12+,13-,18-. The van der Waals surface area contributed by atoms with E-state index in [1.165, 1.54) is 6.20 Å². The van der Waals surface area contributed by atoms with Gasteiger partial charge in [-0.1, -0.05) is 0 Å². The first-order valence-electron chi connectivity index (χ1n) is 10.00. The first kappa shape index (κ1) is 21.0. The monoisotopic (exact) mass is 429 g/mol. The first-order valence-corrected chi connectivity index (χ1v) is 10.00. The van der Waals surface area contributed by atoms with Crippen LogP contribution in [0.3, 0.4) is 0 Å². The molecule has 5 nitrogen and oxygen atoms in total. The van der Waals surface area contributed by atoms with Gasteiger partial charge in [0, 0.05) is 35.5 Å². The normalized spacial score (nSPS) is 25.9. The zero-order valence-corrected chi connectivity index (χ0v) is 16.6. The van der Waals surface area contributed by atoms with E-state index in [0.717, 1.165) is 24.6 Å². The molecule has 2 saturated carbocycles. The zero-order valence-electron chi connectivity index (χ0n) is 16.6. The molecule has 0 unspecified atom stereocenters. The maximum atomic E-state index is 13.2. The lowest BCUT2D eigenvalue weighted by atomic mass is 10.0. The van der Waals surface area contributed by atoms with Crippen LogP contribution >= 0.6 is 0 Å². The Balaban J connectivity index is 1.57. The minimum atomic E-state index is -4.59. The predicted octanol–water partition coefficient (Wildman–Crippen LogP) is 4.47. The van der Waals surface area contributed by atoms with Crippen LogP contribution in [0, 0.1) is 11.8 Å². The SMILES string of the molecule is CC(C)n1nc(-c2cnc(N)c(C(F)(F)F)c2)cc1[C@H]1[C@@H]2C[C@H](NCC(F)F)C[C@@H]21. The fraction of sp³-hybridized carbons (Fsp3) is 0.600. The number of fused-ring (bicyclic) bond motifs is 1. The number of hydrogen-bond acceptors (Lipinski definition) is 4. The van der Waals surface area contributed by atoms with E-state index in [1.807, 2.05) is 24.6 Å². The molecule has 2 aromatic heterocycles. The molecule has 0 bridgehead atoms. The summed E-state index contributed by atoms with van der Waals surface area (Å²) in [6.07, 6.45) is -4.01. The summed E-state index contributed by atoms with van der Waals surface area (Å²) < 4.78 is 66.3. The molecule has 2 aromatic rings. The van der Waals surface area contributed by atoms with Gasteiger partial charge in [0.05, 0.1) is 17.8 Å². The maximum absolute atomic E-state index is 13.2. The Labute approximate surface area is 170 Å². The van der Waals surface area contributed by atoms with Crippen molar-refractivity contribution in [1.29, 1.82) is 0 Å². The van der Waals surface area contributed by atoms with Crippen molar-refractivity contribution in [3.63, 3.8) is 0 Å². The molecule has 3 N–H and O–H groups in total. The maximum Gasteiger partial charge on any atom is 0.419 e. The highest BCUT2D eigenvalue weighted by atomic mass is 19.4. The van der Waals surface area contributed by atoms with Crippen LogP contribution in [-0.2, 0) is 6.18 Å². The number of nitrogens with two attached hydrogens (primary N) is 1. The van der Waals surface area contributed by atoms with Gasteiger partial charge in [-0.2, -0.15) is 18.3 Å². The average molecular weight is 429 g/mol. The van der Waals surface area contributed by atoms with Gasteiger partial charge in [0.2, 0.25) is 0 Å².